The van der Waals surface area contributed by atoms with Crippen LogP contribution in [0.15, 0.2) is 0 Å². The highest BCUT2D eigenvalue weighted by atomic mass is 16.8. The summed E-state index contributed by atoms with van der Waals surface area (Å²) in [5.74, 6) is -0.579. The summed E-state index contributed by atoms with van der Waals surface area (Å²) < 4.78 is 17.5. The second kappa shape index (κ2) is 5.27. The second-order valence-electron chi connectivity index (χ2n) is 6.05. The lowest BCUT2D eigenvalue weighted by molar-refractivity contribution is -0.213. The number of piperazine rings is 1. The Kier molecular flexibility index (Phi) is 3.81. The summed E-state index contributed by atoms with van der Waals surface area (Å²) in [4.78, 5) is 2.35. The first-order valence-corrected chi connectivity index (χ1v) is 7.16. The van der Waals surface area contributed by atoms with Gasteiger partial charge in [-0.1, -0.05) is 0 Å². The van der Waals surface area contributed by atoms with Crippen LogP contribution in [-0.2, 0) is 14.2 Å². The zero-order valence-corrected chi connectivity index (χ0v) is 11.7. The van der Waals surface area contributed by atoms with Gasteiger partial charge in [-0.25, -0.2) is 0 Å². The molecule has 4 atom stereocenters. The Bertz CT molecular complexity index is 320. The molecule has 0 aromatic rings. The Hall–Kier alpha value is -0.240. The molecule has 110 valence electrons. The molecular formula is C13H24N2O4. The third-order valence-electron chi connectivity index (χ3n) is 4.00. The van der Waals surface area contributed by atoms with E-state index in [9.17, 15) is 5.11 Å². The largest absolute Gasteiger partial charge is 0.368 e. The SMILES string of the molecule is CC1(C)OC2CC(O)OC(CN3CCNCC3)C2O1. The van der Waals surface area contributed by atoms with Gasteiger partial charge < -0.3 is 24.6 Å². The predicted molar refractivity (Wildman–Crippen MR) is 68.6 cm³/mol. The molecular weight excluding hydrogens is 248 g/mol. The minimum Gasteiger partial charge on any atom is -0.368 e. The van der Waals surface area contributed by atoms with E-state index in [0.717, 1.165) is 32.7 Å². The first kappa shape index (κ1) is 13.7. The van der Waals surface area contributed by atoms with E-state index in [1.165, 1.54) is 0 Å². The molecule has 3 heterocycles. The van der Waals surface area contributed by atoms with Crippen molar-refractivity contribution in [2.45, 2.75) is 50.7 Å². The number of nitrogens with one attached hydrogen (secondary N) is 1. The molecule has 0 amide bonds. The molecule has 3 fully saturated rings. The molecule has 19 heavy (non-hydrogen) atoms. The van der Waals surface area contributed by atoms with Gasteiger partial charge in [0.2, 0.25) is 0 Å². The number of rotatable bonds is 2. The van der Waals surface area contributed by atoms with Crippen molar-refractivity contribution in [3.63, 3.8) is 0 Å². The highest BCUT2D eigenvalue weighted by Crippen LogP contribution is 2.36. The van der Waals surface area contributed by atoms with E-state index in [1.807, 2.05) is 13.8 Å². The van der Waals surface area contributed by atoms with Gasteiger partial charge in [0, 0.05) is 39.1 Å². The summed E-state index contributed by atoms with van der Waals surface area (Å²) in [7, 11) is 0. The summed E-state index contributed by atoms with van der Waals surface area (Å²) in [6.45, 7) is 8.66. The molecule has 2 N–H and O–H groups in total. The van der Waals surface area contributed by atoms with Gasteiger partial charge in [-0.15, -0.1) is 0 Å². The molecule has 0 spiro atoms. The number of fused-ring (bicyclic) bond motifs is 1. The first-order valence-electron chi connectivity index (χ1n) is 7.16. The fourth-order valence-electron chi connectivity index (χ4n) is 3.19. The maximum atomic E-state index is 9.84. The Balaban J connectivity index is 1.65. The normalized spacial score (nSPS) is 43.1. The van der Waals surface area contributed by atoms with E-state index in [-0.39, 0.29) is 18.3 Å². The minimum absolute atomic E-state index is 0.0633. The van der Waals surface area contributed by atoms with Crippen LogP contribution in [0, 0.1) is 0 Å². The molecule has 0 aromatic heterocycles. The highest BCUT2D eigenvalue weighted by Gasteiger charge is 2.50. The van der Waals surface area contributed by atoms with Gasteiger partial charge in [-0.05, 0) is 13.8 Å². The molecule has 6 nitrogen and oxygen atoms in total. The van der Waals surface area contributed by atoms with Crippen molar-refractivity contribution in [3.8, 4) is 0 Å². The molecule has 3 saturated heterocycles. The monoisotopic (exact) mass is 272 g/mol. The lowest BCUT2D eigenvalue weighted by Crippen LogP contribution is -2.54. The van der Waals surface area contributed by atoms with Gasteiger partial charge in [0.15, 0.2) is 12.1 Å². The van der Waals surface area contributed by atoms with Crippen molar-refractivity contribution in [1.82, 2.24) is 10.2 Å². The minimum atomic E-state index is -0.744. The lowest BCUT2D eigenvalue weighted by Gasteiger charge is -2.38. The number of aliphatic hydroxyl groups excluding tert-OH is 1. The second-order valence-corrected chi connectivity index (χ2v) is 6.05. The number of hydrogen-bond donors (Lipinski definition) is 2. The summed E-state index contributed by atoms with van der Waals surface area (Å²) in [6.07, 6.45) is -0.508. The van der Waals surface area contributed by atoms with Crippen LogP contribution < -0.4 is 5.32 Å². The molecule has 3 aliphatic heterocycles. The van der Waals surface area contributed by atoms with Crippen LogP contribution in [0.4, 0.5) is 0 Å². The fourth-order valence-corrected chi connectivity index (χ4v) is 3.19. The summed E-state index contributed by atoms with van der Waals surface area (Å²) in [5, 5.41) is 13.2. The highest BCUT2D eigenvalue weighted by molar-refractivity contribution is 4.93. The van der Waals surface area contributed by atoms with Crippen LogP contribution in [0.25, 0.3) is 0 Å². The van der Waals surface area contributed by atoms with Gasteiger partial charge in [0.25, 0.3) is 0 Å². The molecule has 0 bridgehead atoms. The third kappa shape index (κ3) is 3.09. The first-order chi connectivity index (χ1) is 9.03. The molecule has 6 heteroatoms. The lowest BCUT2D eigenvalue weighted by atomic mass is 10.0. The van der Waals surface area contributed by atoms with Gasteiger partial charge in [-0.3, -0.25) is 4.90 Å². The van der Waals surface area contributed by atoms with Crippen molar-refractivity contribution in [2.75, 3.05) is 32.7 Å². The van der Waals surface area contributed by atoms with Gasteiger partial charge in [-0.2, -0.15) is 0 Å². The number of aliphatic hydroxyl groups is 1. The fraction of sp³-hybridized carbons (Fsp3) is 1.00. The van der Waals surface area contributed by atoms with Gasteiger partial charge in [0.1, 0.15) is 12.2 Å². The zero-order chi connectivity index (χ0) is 13.5. The van der Waals surface area contributed by atoms with Crippen LogP contribution in [0.3, 0.4) is 0 Å². The van der Waals surface area contributed by atoms with Gasteiger partial charge >= 0.3 is 0 Å². The quantitative estimate of drug-likeness (QED) is 0.708. The Morgan fingerprint density at radius 1 is 1.26 bits per heavy atom. The average molecular weight is 272 g/mol. The maximum Gasteiger partial charge on any atom is 0.163 e. The summed E-state index contributed by atoms with van der Waals surface area (Å²) in [6, 6.07) is 0. The van der Waals surface area contributed by atoms with E-state index in [1.54, 1.807) is 0 Å². The van der Waals surface area contributed by atoms with Crippen molar-refractivity contribution < 1.29 is 19.3 Å². The molecule has 3 rings (SSSR count). The van der Waals surface area contributed by atoms with Crippen molar-refractivity contribution in [2.24, 2.45) is 0 Å². The average Bonchev–Trinajstić information content (AvgIpc) is 2.65. The van der Waals surface area contributed by atoms with Gasteiger partial charge in [0.05, 0.1) is 6.10 Å². The molecule has 0 aromatic carbocycles. The molecule has 0 saturated carbocycles. The molecule has 0 radical (unpaired) electrons. The predicted octanol–water partition coefficient (Wildman–Crippen LogP) is -0.481. The maximum absolute atomic E-state index is 9.84. The molecule has 3 aliphatic rings. The van der Waals surface area contributed by atoms with E-state index in [4.69, 9.17) is 14.2 Å². The molecule has 4 unspecified atom stereocenters. The van der Waals surface area contributed by atoms with Crippen molar-refractivity contribution >= 4 is 0 Å². The topological polar surface area (TPSA) is 63.2 Å². The smallest absolute Gasteiger partial charge is 0.163 e. The Morgan fingerprint density at radius 3 is 2.74 bits per heavy atom. The van der Waals surface area contributed by atoms with Crippen LogP contribution in [0.1, 0.15) is 20.3 Å². The number of nitrogens with zero attached hydrogens (tertiary/aromatic N) is 1. The van der Waals surface area contributed by atoms with Crippen LogP contribution in [0.2, 0.25) is 0 Å². The standard InChI is InChI=1S/C13H24N2O4/c1-13(2)18-9-7-11(16)17-10(12(9)19-13)8-15-5-3-14-4-6-15/h9-12,14,16H,3-8H2,1-2H3. The van der Waals surface area contributed by atoms with E-state index < -0.39 is 12.1 Å². The number of hydrogen-bond acceptors (Lipinski definition) is 6. The van der Waals surface area contributed by atoms with E-state index >= 15 is 0 Å². The van der Waals surface area contributed by atoms with Crippen LogP contribution >= 0.6 is 0 Å². The Morgan fingerprint density at radius 2 is 2.00 bits per heavy atom. The van der Waals surface area contributed by atoms with E-state index in [0.29, 0.717) is 6.42 Å². The van der Waals surface area contributed by atoms with Crippen LogP contribution in [0.5, 0.6) is 0 Å². The third-order valence-corrected chi connectivity index (χ3v) is 4.00. The summed E-state index contributed by atoms with van der Waals surface area (Å²) in [5.41, 5.74) is 0. The zero-order valence-electron chi connectivity index (χ0n) is 11.7. The number of ether oxygens (including phenoxy) is 3. The van der Waals surface area contributed by atoms with E-state index in [2.05, 4.69) is 10.2 Å². The van der Waals surface area contributed by atoms with Crippen molar-refractivity contribution in [1.29, 1.82) is 0 Å². The molecule has 0 aliphatic carbocycles. The van der Waals surface area contributed by atoms with Crippen LogP contribution in [-0.4, -0.2) is 73.1 Å². The van der Waals surface area contributed by atoms with Crippen molar-refractivity contribution in [3.05, 3.63) is 0 Å². The Labute approximate surface area is 114 Å². The summed E-state index contributed by atoms with van der Waals surface area (Å²) >= 11 is 0.